The molecule has 3 heterocycles. The standard InChI is InChI=1S/C17H18ClN5O2/c1-17(2,3)16-19-15(25-21-16)14-12-9-24-13(8-23(12)22-20-14)10-4-6-11(18)7-5-10/h4-7,13H,8-9H2,1-3H3/t13-/m0/s1. The molecule has 1 aliphatic heterocycles. The second-order valence-corrected chi connectivity index (χ2v) is 7.53. The molecule has 3 aromatic rings. The Bertz CT molecular complexity index is 895. The summed E-state index contributed by atoms with van der Waals surface area (Å²) in [5, 5.41) is 13.2. The zero-order chi connectivity index (χ0) is 17.6. The van der Waals surface area contributed by atoms with Gasteiger partial charge in [-0.05, 0) is 17.7 Å². The van der Waals surface area contributed by atoms with Crippen LogP contribution in [0.2, 0.25) is 5.02 Å². The molecule has 8 heteroatoms. The Hall–Kier alpha value is -2.25. The van der Waals surface area contributed by atoms with Gasteiger partial charge in [-0.1, -0.05) is 54.9 Å². The summed E-state index contributed by atoms with van der Waals surface area (Å²) in [4.78, 5) is 4.46. The number of benzene rings is 1. The molecule has 25 heavy (non-hydrogen) atoms. The van der Waals surface area contributed by atoms with E-state index in [9.17, 15) is 0 Å². The Balaban J connectivity index is 1.60. The lowest BCUT2D eigenvalue weighted by atomic mass is 9.96. The van der Waals surface area contributed by atoms with Crippen LogP contribution in [0.4, 0.5) is 0 Å². The molecule has 130 valence electrons. The van der Waals surface area contributed by atoms with Crippen LogP contribution in [0.25, 0.3) is 11.6 Å². The highest BCUT2D eigenvalue weighted by atomic mass is 35.5. The SMILES string of the molecule is CC(C)(C)c1noc(-c2nnn3c2CO[C@H](c2ccc(Cl)cc2)C3)n1. The monoisotopic (exact) mass is 359 g/mol. The van der Waals surface area contributed by atoms with E-state index in [1.807, 2.05) is 49.7 Å². The van der Waals surface area contributed by atoms with Gasteiger partial charge in [-0.15, -0.1) is 5.10 Å². The van der Waals surface area contributed by atoms with E-state index in [1.165, 1.54) is 0 Å². The highest BCUT2D eigenvalue weighted by Gasteiger charge is 2.29. The van der Waals surface area contributed by atoms with Crippen molar-refractivity contribution >= 4 is 11.6 Å². The molecule has 7 nitrogen and oxygen atoms in total. The van der Waals surface area contributed by atoms with Crippen LogP contribution < -0.4 is 0 Å². The van der Waals surface area contributed by atoms with Crippen LogP contribution in [-0.4, -0.2) is 25.1 Å². The lowest BCUT2D eigenvalue weighted by Gasteiger charge is -2.24. The van der Waals surface area contributed by atoms with E-state index in [1.54, 1.807) is 0 Å². The van der Waals surface area contributed by atoms with Crippen molar-refractivity contribution < 1.29 is 9.26 Å². The molecule has 0 N–H and O–H groups in total. The molecule has 1 atom stereocenters. The fourth-order valence-electron chi connectivity index (χ4n) is 2.68. The van der Waals surface area contributed by atoms with Crippen molar-refractivity contribution in [1.29, 1.82) is 0 Å². The van der Waals surface area contributed by atoms with Gasteiger partial charge in [-0.3, -0.25) is 0 Å². The minimum Gasteiger partial charge on any atom is -0.365 e. The minimum absolute atomic E-state index is 0.0906. The third kappa shape index (κ3) is 3.05. The molecule has 0 saturated heterocycles. The van der Waals surface area contributed by atoms with Crippen LogP contribution in [-0.2, 0) is 23.3 Å². The van der Waals surface area contributed by atoms with Gasteiger partial charge in [0.1, 0.15) is 6.10 Å². The molecule has 1 aromatic carbocycles. The van der Waals surface area contributed by atoms with E-state index in [2.05, 4.69) is 20.5 Å². The second kappa shape index (κ2) is 5.93. The van der Waals surface area contributed by atoms with E-state index in [-0.39, 0.29) is 11.5 Å². The molecule has 0 spiro atoms. The predicted octanol–water partition coefficient (Wildman–Crippen LogP) is 3.55. The molecule has 2 aromatic heterocycles. The average molecular weight is 360 g/mol. The Morgan fingerprint density at radius 3 is 2.64 bits per heavy atom. The van der Waals surface area contributed by atoms with Crippen molar-refractivity contribution in [2.75, 3.05) is 0 Å². The molecular weight excluding hydrogens is 342 g/mol. The van der Waals surface area contributed by atoms with Gasteiger partial charge in [0, 0.05) is 10.4 Å². The Kier molecular flexibility index (Phi) is 3.85. The number of fused-ring (bicyclic) bond motifs is 1. The van der Waals surface area contributed by atoms with Crippen molar-refractivity contribution in [3.8, 4) is 11.6 Å². The molecule has 0 radical (unpaired) electrons. The molecule has 4 rings (SSSR count). The first-order chi connectivity index (χ1) is 11.9. The quantitative estimate of drug-likeness (QED) is 0.696. The third-order valence-corrected chi connectivity index (χ3v) is 4.39. The fourth-order valence-corrected chi connectivity index (χ4v) is 2.81. The van der Waals surface area contributed by atoms with Crippen molar-refractivity contribution in [2.45, 2.75) is 45.4 Å². The lowest BCUT2D eigenvalue weighted by molar-refractivity contribution is -0.00117. The highest BCUT2D eigenvalue weighted by Crippen LogP contribution is 2.31. The normalized spacial score (nSPS) is 17.5. The van der Waals surface area contributed by atoms with E-state index in [0.717, 1.165) is 11.3 Å². The van der Waals surface area contributed by atoms with Crippen LogP contribution in [0.15, 0.2) is 28.8 Å². The number of ether oxygens (including phenoxy) is 1. The largest absolute Gasteiger partial charge is 0.365 e. The number of halogens is 1. The summed E-state index contributed by atoms with van der Waals surface area (Å²) >= 11 is 5.95. The van der Waals surface area contributed by atoms with Gasteiger partial charge in [-0.2, -0.15) is 4.98 Å². The maximum absolute atomic E-state index is 5.99. The van der Waals surface area contributed by atoms with Crippen LogP contribution in [0, 0.1) is 0 Å². The Morgan fingerprint density at radius 1 is 1.20 bits per heavy atom. The molecule has 0 bridgehead atoms. The predicted molar refractivity (Wildman–Crippen MR) is 91.0 cm³/mol. The summed E-state index contributed by atoms with van der Waals surface area (Å²) in [6.45, 7) is 7.04. The van der Waals surface area contributed by atoms with Crippen LogP contribution in [0.5, 0.6) is 0 Å². The van der Waals surface area contributed by atoms with E-state index in [0.29, 0.717) is 35.6 Å². The van der Waals surface area contributed by atoms with Crippen molar-refractivity contribution in [3.05, 3.63) is 46.4 Å². The molecule has 0 unspecified atom stereocenters. The van der Waals surface area contributed by atoms with Crippen LogP contribution in [0.1, 0.15) is 44.0 Å². The summed E-state index contributed by atoms with van der Waals surface area (Å²) in [5.74, 6) is 1.01. The molecule has 0 saturated carbocycles. The third-order valence-electron chi connectivity index (χ3n) is 4.14. The van der Waals surface area contributed by atoms with E-state index >= 15 is 0 Å². The van der Waals surface area contributed by atoms with E-state index < -0.39 is 0 Å². The van der Waals surface area contributed by atoms with Gasteiger partial charge in [-0.25, -0.2) is 4.68 Å². The summed E-state index contributed by atoms with van der Waals surface area (Å²) in [5.41, 5.74) is 2.29. The van der Waals surface area contributed by atoms with Crippen LogP contribution in [0.3, 0.4) is 0 Å². The van der Waals surface area contributed by atoms with E-state index in [4.69, 9.17) is 20.9 Å². The van der Waals surface area contributed by atoms with Gasteiger partial charge >= 0.3 is 0 Å². The number of hydrogen-bond acceptors (Lipinski definition) is 6. The van der Waals surface area contributed by atoms with Crippen LogP contribution >= 0.6 is 11.6 Å². The Morgan fingerprint density at radius 2 is 1.96 bits per heavy atom. The average Bonchev–Trinajstić information content (AvgIpc) is 3.21. The smallest absolute Gasteiger partial charge is 0.280 e. The molecule has 1 aliphatic rings. The summed E-state index contributed by atoms with van der Waals surface area (Å²) in [6.07, 6.45) is -0.0906. The van der Waals surface area contributed by atoms with Crippen molar-refractivity contribution in [2.24, 2.45) is 0 Å². The summed E-state index contributed by atoms with van der Waals surface area (Å²) < 4.78 is 13.2. The molecule has 0 aliphatic carbocycles. The number of nitrogens with zero attached hydrogens (tertiary/aromatic N) is 5. The fraction of sp³-hybridized carbons (Fsp3) is 0.412. The lowest BCUT2D eigenvalue weighted by Crippen LogP contribution is -2.22. The molecular formula is C17H18ClN5O2. The van der Waals surface area contributed by atoms with Gasteiger partial charge in [0.25, 0.3) is 5.89 Å². The maximum Gasteiger partial charge on any atom is 0.280 e. The first-order valence-corrected chi connectivity index (χ1v) is 8.43. The maximum atomic E-state index is 5.99. The number of hydrogen-bond donors (Lipinski definition) is 0. The zero-order valence-corrected chi connectivity index (χ0v) is 15.0. The molecule has 0 amide bonds. The van der Waals surface area contributed by atoms with Gasteiger partial charge in [0.05, 0.1) is 18.8 Å². The highest BCUT2D eigenvalue weighted by molar-refractivity contribution is 6.30. The van der Waals surface area contributed by atoms with Gasteiger partial charge < -0.3 is 9.26 Å². The van der Waals surface area contributed by atoms with Gasteiger partial charge in [0.15, 0.2) is 11.5 Å². The minimum atomic E-state index is -0.189. The number of rotatable bonds is 2. The van der Waals surface area contributed by atoms with Gasteiger partial charge in [0.2, 0.25) is 0 Å². The number of aromatic nitrogens is 5. The Labute approximate surface area is 149 Å². The zero-order valence-electron chi connectivity index (χ0n) is 14.2. The first-order valence-electron chi connectivity index (χ1n) is 8.06. The van der Waals surface area contributed by atoms with Crippen molar-refractivity contribution in [3.63, 3.8) is 0 Å². The van der Waals surface area contributed by atoms with Crippen molar-refractivity contribution in [1.82, 2.24) is 25.1 Å². The first kappa shape index (κ1) is 16.2. The second-order valence-electron chi connectivity index (χ2n) is 7.09. The molecule has 0 fully saturated rings. The summed E-state index contributed by atoms with van der Waals surface area (Å²) in [7, 11) is 0. The summed E-state index contributed by atoms with van der Waals surface area (Å²) in [6, 6.07) is 7.64. The topological polar surface area (TPSA) is 78.9 Å².